The Morgan fingerprint density at radius 1 is 1.04 bits per heavy atom. The van der Waals surface area contributed by atoms with Gasteiger partial charge in [0, 0.05) is 31.5 Å². The van der Waals surface area contributed by atoms with Crippen molar-refractivity contribution in [3.63, 3.8) is 0 Å². The van der Waals surface area contributed by atoms with E-state index in [2.05, 4.69) is 16.0 Å². The molecule has 7 heteroatoms. The Balaban J connectivity index is 1.79. The number of anilines is 1. The van der Waals surface area contributed by atoms with Crippen molar-refractivity contribution >= 4 is 17.5 Å². The van der Waals surface area contributed by atoms with Crippen LogP contribution in [0, 0.1) is 5.82 Å². The maximum absolute atomic E-state index is 12.9. The number of nitrogens with one attached hydrogen (secondary N) is 3. The highest BCUT2D eigenvalue weighted by molar-refractivity contribution is 5.96. The van der Waals surface area contributed by atoms with Gasteiger partial charge >= 0.3 is 0 Å². The monoisotopic (exact) mass is 359 g/mol. The van der Waals surface area contributed by atoms with Gasteiger partial charge in [-0.05, 0) is 42.0 Å². The van der Waals surface area contributed by atoms with Crippen LogP contribution in [-0.2, 0) is 16.1 Å². The molecule has 0 radical (unpaired) electrons. The highest BCUT2D eigenvalue weighted by Crippen LogP contribution is 2.10. The fourth-order valence-corrected chi connectivity index (χ4v) is 2.17. The molecule has 0 bridgehead atoms. The van der Waals surface area contributed by atoms with Crippen LogP contribution in [0.5, 0.6) is 0 Å². The second-order valence-electron chi connectivity index (χ2n) is 5.60. The van der Waals surface area contributed by atoms with Crippen molar-refractivity contribution in [1.29, 1.82) is 0 Å². The third-order valence-electron chi connectivity index (χ3n) is 3.57. The quantitative estimate of drug-likeness (QED) is 0.598. The largest absolute Gasteiger partial charge is 0.383 e. The lowest BCUT2D eigenvalue weighted by molar-refractivity contribution is -0.115. The molecule has 0 aliphatic rings. The van der Waals surface area contributed by atoms with Crippen LogP contribution in [0.25, 0.3) is 0 Å². The summed E-state index contributed by atoms with van der Waals surface area (Å²) in [5.41, 5.74) is 1.89. The molecular weight excluding hydrogens is 337 g/mol. The summed E-state index contributed by atoms with van der Waals surface area (Å²) in [6.45, 7) is 1.63. The average Bonchev–Trinajstić information content (AvgIpc) is 2.65. The predicted molar refractivity (Wildman–Crippen MR) is 97.4 cm³/mol. The third kappa shape index (κ3) is 6.62. The molecule has 138 valence electrons. The molecule has 0 aliphatic carbocycles. The van der Waals surface area contributed by atoms with Crippen LogP contribution in [0.4, 0.5) is 10.1 Å². The van der Waals surface area contributed by atoms with E-state index in [1.807, 2.05) is 0 Å². The first-order valence-electron chi connectivity index (χ1n) is 8.20. The standard InChI is InChI=1S/C19H22FN3O3/c1-26-11-10-21-13-18(24)23-17-8-4-15(5-9-17)19(25)22-12-14-2-6-16(20)7-3-14/h2-9,21H,10-13H2,1H3,(H,22,25)(H,23,24). The van der Waals surface area contributed by atoms with E-state index in [4.69, 9.17) is 4.74 Å². The van der Waals surface area contributed by atoms with Crippen LogP contribution in [0.2, 0.25) is 0 Å². The van der Waals surface area contributed by atoms with Crippen LogP contribution in [0.3, 0.4) is 0 Å². The van der Waals surface area contributed by atoms with Crippen molar-refractivity contribution in [3.8, 4) is 0 Å². The van der Waals surface area contributed by atoms with E-state index >= 15 is 0 Å². The van der Waals surface area contributed by atoms with Crippen molar-refractivity contribution in [3.05, 3.63) is 65.5 Å². The molecule has 0 aromatic heterocycles. The van der Waals surface area contributed by atoms with Crippen molar-refractivity contribution < 1.29 is 18.7 Å². The summed E-state index contributed by atoms with van der Waals surface area (Å²) >= 11 is 0. The van der Waals surface area contributed by atoms with Crippen molar-refractivity contribution in [2.45, 2.75) is 6.54 Å². The number of carbonyl (C=O) groups is 2. The number of rotatable bonds is 9. The average molecular weight is 359 g/mol. The summed E-state index contributed by atoms with van der Waals surface area (Å²) in [7, 11) is 1.60. The second kappa shape index (κ2) is 10.3. The summed E-state index contributed by atoms with van der Waals surface area (Å²) < 4.78 is 17.7. The molecule has 0 saturated heterocycles. The van der Waals surface area contributed by atoms with E-state index in [0.717, 1.165) is 5.56 Å². The molecule has 6 nitrogen and oxygen atoms in total. The molecule has 0 saturated carbocycles. The van der Waals surface area contributed by atoms with Gasteiger partial charge in [-0.2, -0.15) is 0 Å². The second-order valence-corrected chi connectivity index (χ2v) is 5.60. The molecule has 2 amide bonds. The van der Waals surface area contributed by atoms with Crippen LogP contribution in [0.1, 0.15) is 15.9 Å². The van der Waals surface area contributed by atoms with Crippen LogP contribution >= 0.6 is 0 Å². The third-order valence-corrected chi connectivity index (χ3v) is 3.57. The number of hydrogen-bond acceptors (Lipinski definition) is 4. The molecule has 2 aromatic rings. The normalized spacial score (nSPS) is 10.4. The van der Waals surface area contributed by atoms with Gasteiger partial charge in [0.05, 0.1) is 13.2 Å². The maximum atomic E-state index is 12.9. The topological polar surface area (TPSA) is 79.5 Å². The maximum Gasteiger partial charge on any atom is 0.251 e. The summed E-state index contributed by atoms with van der Waals surface area (Å²) in [6.07, 6.45) is 0. The Kier molecular flexibility index (Phi) is 7.73. The first-order chi connectivity index (χ1) is 12.6. The van der Waals surface area contributed by atoms with Crippen LogP contribution in [0.15, 0.2) is 48.5 Å². The molecular formula is C19H22FN3O3. The molecule has 0 aliphatic heterocycles. The SMILES string of the molecule is COCCNCC(=O)Nc1ccc(C(=O)NCc2ccc(F)cc2)cc1. The van der Waals surface area contributed by atoms with Crippen molar-refractivity contribution in [2.24, 2.45) is 0 Å². The lowest BCUT2D eigenvalue weighted by atomic mass is 10.1. The highest BCUT2D eigenvalue weighted by Gasteiger charge is 2.07. The van der Waals surface area contributed by atoms with E-state index < -0.39 is 0 Å². The number of methoxy groups -OCH3 is 1. The minimum atomic E-state index is -0.313. The van der Waals surface area contributed by atoms with Crippen LogP contribution in [-0.4, -0.2) is 38.6 Å². The number of halogens is 1. The molecule has 0 heterocycles. The number of carbonyl (C=O) groups excluding carboxylic acids is 2. The lowest BCUT2D eigenvalue weighted by Crippen LogP contribution is -2.30. The first kappa shape index (κ1) is 19.6. The zero-order valence-electron chi connectivity index (χ0n) is 14.5. The van der Waals surface area contributed by atoms with Gasteiger partial charge in [0.2, 0.25) is 5.91 Å². The Hall–Kier alpha value is -2.77. The molecule has 3 N–H and O–H groups in total. The summed E-state index contributed by atoms with van der Waals surface area (Å²) in [5, 5.41) is 8.45. The van der Waals surface area contributed by atoms with E-state index in [9.17, 15) is 14.0 Å². The number of amides is 2. The number of hydrogen-bond donors (Lipinski definition) is 3. The number of ether oxygens (including phenoxy) is 1. The summed E-state index contributed by atoms with van der Waals surface area (Å²) in [6, 6.07) is 12.5. The van der Waals surface area contributed by atoms with E-state index in [1.54, 1.807) is 43.5 Å². The minimum Gasteiger partial charge on any atom is -0.383 e. The Bertz CT molecular complexity index is 718. The van der Waals surface area contributed by atoms with Gasteiger partial charge in [-0.1, -0.05) is 12.1 Å². The fourth-order valence-electron chi connectivity index (χ4n) is 2.17. The van der Waals surface area contributed by atoms with Crippen molar-refractivity contribution in [1.82, 2.24) is 10.6 Å². The molecule has 0 fully saturated rings. The van der Waals surface area contributed by atoms with Crippen LogP contribution < -0.4 is 16.0 Å². The smallest absolute Gasteiger partial charge is 0.251 e. The van der Waals surface area contributed by atoms with E-state index in [-0.39, 0.29) is 24.2 Å². The minimum absolute atomic E-state index is 0.172. The zero-order valence-corrected chi connectivity index (χ0v) is 14.5. The molecule has 0 spiro atoms. The summed E-state index contributed by atoms with van der Waals surface area (Å²) in [4.78, 5) is 23.9. The van der Waals surface area contributed by atoms with Gasteiger partial charge in [0.25, 0.3) is 5.91 Å². The van der Waals surface area contributed by atoms with Gasteiger partial charge in [-0.3, -0.25) is 9.59 Å². The van der Waals surface area contributed by atoms with E-state index in [1.165, 1.54) is 12.1 Å². The van der Waals surface area contributed by atoms with Gasteiger partial charge in [-0.25, -0.2) is 4.39 Å². The van der Waals surface area contributed by atoms with E-state index in [0.29, 0.717) is 30.9 Å². The summed E-state index contributed by atoms with van der Waals surface area (Å²) in [5.74, 6) is -0.727. The molecule has 0 unspecified atom stereocenters. The van der Waals surface area contributed by atoms with Gasteiger partial charge < -0.3 is 20.7 Å². The Morgan fingerprint density at radius 3 is 2.38 bits per heavy atom. The predicted octanol–water partition coefficient (Wildman–Crippen LogP) is 1.93. The lowest BCUT2D eigenvalue weighted by Gasteiger charge is -2.08. The molecule has 2 aromatic carbocycles. The molecule has 26 heavy (non-hydrogen) atoms. The van der Waals surface area contributed by atoms with Gasteiger partial charge in [0.1, 0.15) is 5.82 Å². The molecule has 0 atom stereocenters. The van der Waals surface area contributed by atoms with Crippen molar-refractivity contribution in [2.75, 3.05) is 32.1 Å². The fraction of sp³-hybridized carbons (Fsp3) is 0.263. The number of benzene rings is 2. The first-order valence-corrected chi connectivity index (χ1v) is 8.20. The van der Waals surface area contributed by atoms with Gasteiger partial charge in [-0.15, -0.1) is 0 Å². The Morgan fingerprint density at radius 2 is 1.73 bits per heavy atom. The molecule has 2 rings (SSSR count). The van der Waals surface area contributed by atoms with Gasteiger partial charge in [0.15, 0.2) is 0 Å². The zero-order chi connectivity index (χ0) is 18.8. The highest BCUT2D eigenvalue weighted by atomic mass is 19.1. The Labute approximate surface area is 151 Å².